The maximum absolute atomic E-state index is 8.53. The van der Waals surface area contributed by atoms with Gasteiger partial charge in [0.15, 0.2) is 0 Å². The summed E-state index contributed by atoms with van der Waals surface area (Å²) < 4.78 is 46.0. The summed E-state index contributed by atoms with van der Waals surface area (Å²) in [6.45, 7) is 0.989. The van der Waals surface area contributed by atoms with Crippen molar-refractivity contribution in [3.8, 4) is 22.5 Å². The molecule has 0 atom stereocenters. The molecule has 0 aliphatic carbocycles. The average molecular weight is 858 g/mol. The Kier molecular flexibility index (Phi) is 7.89. The van der Waals surface area contributed by atoms with E-state index in [0.29, 0.717) is 22.4 Å². The Hall–Kier alpha value is -4.03. The van der Waals surface area contributed by atoms with E-state index in [2.05, 4.69) is 51.5 Å². The van der Waals surface area contributed by atoms with Gasteiger partial charge in [0.1, 0.15) is 16.7 Å². The molecule has 6 heteroatoms. The normalized spacial score (nSPS) is 13.4. The van der Waals surface area contributed by atoms with E-state index >= 15 is 0 Å². The van der Waals surface area contributed by atoms with Crippen molar-refractivity contribution in [2.45, 2.75) is 43.9 Å². The molecule has 8 aromatic rings. The van der Waals surface area contributed by atoms with E-state index in [1.165, 1.54) is 10.6 Å². The van der Waals surface area contributed by atoms with Crippen LogP contribution in [0.4, 0.5) is 0 Å². The average Bonchev–Trinajstić information content (AvgIpc) is 3.66. The molecule has 4 aromatic carbocycles. The van der Waals surface area contributed by atoms with Crippen LogP contribution < -0.4 is 4.40 Å². The van der Waals surface area contributed by atoms with Gasteiger partial charge < -0.3 is 13.8 Å². The summed E-state index contributed by atoms with van der Waals surface area (Å²) in [5, 5.41) is 3.85. The van der Waals surface area contributed by atoms with Crippen molar-refractivity contribution in [3.05, 3.63) is 127 Å². The summed E-state index contributed by atoms with van der Waals surface area (Å²) in [5.41, 5.74) is 6.62. The molecule has 4 nitrogen and oxygen atoms in total. The number of para-hydroxylation sites is 1. The topological polar surface area (TPSA) is 52.1 Å². The second kappa shape index (κ2) is 13.2. The molecule has 4 heterocycles. The fraction of sp³-hybridized carbons (Fsp3) is 0.171. The van der Waals surface area contributed by atoms with Crippen LogP contribution in [0.1, 0.15) is 36.4 Å². The summed E-state index contributed by atoms with van der Waals surface area (Å²) in [7, 11) is 0. The molecule has 0 aliphatic heterocycles. The molecule has 0 unspecified atom stereocenters. The van der Waals surface area contributed by atoms with Gasteiger partial charge in [-0.25, -0.2) is 0 Å². The fourth-order valence-electron chi connectivity index (χ4n) is 5.79. The van der Waals surface area contributed by atoms with E-state index in [9.17, 15) is 0 Å². The molecule has 0 spiro atoms. The van der Waals surface area contributed by atoms with Crippen molar-refractivity contribution in [1.82, 2.24) is 9.97 Å². The molecule has 0 saturated carbocycles. The number of hydrogen-bond acceptors (Lipinski definition) is 4. The molecule has 1 radical (unpaired) electrons. The minimum absolute atomic E-state index is 0. The molecule has 237 valence electrons. The second-order valence-electron chi connectivity index (χ2n) is 12.7. The third-order valence-electron chi connectivity index (χ3n) is 8.25. The van der Waals surface area contributed by atoms with Crippen LogP contribution in [-0.2, 0) is 20.1 Å². The predicted molar refractivity (Wildman–Crippen MR) is 193 cm³/mol. The van der Waals surface area contributed by atoms with E-state index in [4.69, 9.17) is 14.3 Å². The number of benzene rings is 4. The van der Waals surface area contributed by atoms with Crippen LogP contribution in [0.25, 0.3) is 66.4 Å². The molecule has 0 bridgehead atoms. The van der Waals surface area contributed by atoms with Crippen molar-refractivity contribution < 1.29 is 34.4 Å². The van der Waals surface area contributed by atoms with Gasteiger partial charge in [0.05, 0.1) is 5.58 Å². The summed E-state index contributed by atoms with van der Waals surface area (Å²) in [6, 6.07) is 35.9. The fourth-order valence-corrected chi connectivity index (χ4v) is 7.96. The van der Waals surface area contributed by atoms with Crippen LogP contribution in [0.5, 0.6) is 0 Å². The third-order valence-corrected chi connectivity index (χ3v) is 12.5. The molecule has 0 fully saturated rings. The summed E-state index contributed by atoms with van der Waals surface area (Å²) in [5.74, 6) is 6.02. The van der Waals surface area contributed by atoms with Crippen LogP contribution >= 0.6 is 0 Å². The first-order valence-corrected chi connectivity index (χ1v) is 22.7. The van der Waals surface area contributed by atoms with Crippen molar-refractivity contribution in [2.24, 2.45) is 0 Å². The Balaban J connectivity index is 0.000000222. The van der Waals surface area contributed by atoms with E-state index < -0.39 is 26.0 Å². The number of rotatable bonds is 4. The van der Waals surface area contributed by atoms with Crippen molar-refractivity contribution in [2.75, 3.05) is 0 Å². The van der Waals surface area contributed by atoms with Crippen LogP contribution in [0, 0.1) is 19.0 Å². The Morgan fingerprint density at radius 3 is 2.19 bits per heavy atom. The molecule has 47 heavy (non-hydrogen) atoms. The SMILES string of the molecule is [2H]C([2H])([2H])c1cnc(-c2[c-]ccc3c2oc2ccc4oc5ccccc5c4c23)cc1C([2H])(C)C.[CH3][Ge]([CH3])([CH3])[c]1ccc(-c2[c-]cccc2)nc1.[Ir]. The van der Waals surface area contributed by atoms with Gasteiger partial charge in [-0.15, -0.1) is 18.2 Å². The molecular formula is C41H36GeIrN2O2-2. The minimum Gasteiger partial charge on any atom is 0 e. The van der Waals surface area contributed by atoms with Crippen LogP contribution in [-0.4, -0.2) is 23.2 Å². The first-order valence-electron chi connectivity index (χ1n) is 17.3. The van der Waals surface area contributed by atoms with E-state index in [1.54, 1.807) is 19.9 Å². The molecule has 0 saturated heterocycles. The van der Waals surface area contributed by atoms with Gasteiger partial charge in [0.25, 0.3) is 0 Å². The van der Waals surface area contributed by atoms with Crippen LogP contribution in [0.15, 0.2) is 112 Å². The molecule has 0 N–H and O–H groups in total. The van der Waals surface area contributed by atoms with Crippen molar-refractivity contribution in [1.29, 1.82) is 0 Å². The Morgan fingerprint density at radius 1 is 0.745 bits per heavy atom. The van der Waals surface area contributed by atoms with Gasteiger partial charge in [-0.05, 0) is 47.8 Å². The number of furan rings is 2. The zero-order valence-corrected chi connectivity index (χ0v) is 31.4. The smallest absolute Gasteiger partial charge is 0 e. The van der Waals surface area contributed by atoms with Gasteiger partial charge in [-0.1, -0.05) is 49.1 Å². The molecule has 0 amide bonds. The quantitative estimate of drug-likeness (QED) is 0.131. The Labute approximate surface area is 297 Å². The van der Waals surface area contributed by atoms with E-state index in [-0.39, 0.29) is 25.7 Å². The first-order chi connectivity index (χ1) is 23.7. The number of aromatic nitrogens is 2. The number of aryl methyl sites for hydroxylation is 1. The van der Waals surface area contributed by atoms with Crippen LogP contribution in [0.3, 0.4) is 0 Å². The number of nitrogens with zero attached hydrogens (tertiary/aromatic N) is 2. The van der Waals surface area contributed by atoms with Gasteiger partial charge in [-0.2, -0.15) is 0 Å². The van der Waals surface area contributed by atoms with E-state index in [1.807, 2.05) is 79.0 Å². The Morgan fingerprint density at radius 2 is 1.49 bits per heavy atom. The second-order valence-corrected chi connectivity index (χ2v) is 23.3. The standard InChI is InChI=1S/C27H20NO2.C14H16GeN.Ir/c1-15(2)20-13-21(28-14-16(20)3)17-8-6-9-19-26-24(30-27(17)19)12-11-23-25(26)18-7-4-5-10-22(18)29-23;1-15(2,3)13-9-10-14(16-11-13)12-7-5-4-6-8-12;/h4-7,9-15H,1-3H3;4-7,9-11H,1-3H3;/q2*-1;/i3D3,15D;;. The largest absolute Gasteiger partial charge is 0 e. The monoisotopic (exact) mass is 859 g/mol. The summed E-state index contributed by atoms with van der Waals surface area (Å²) in [6.07, 6.45) is 3.39. The summed E-state index contributed by atoms with van der Waals surface area (Å²) in [4.78, 5) is 8.99. The maximum Gasteiger partial charge on any atom is 0 e. The third kappa shape index (κ3) is 6.32. The Bertz CT molecular complexity index is 2500. The number of fused-ring (bicyclic) bond motifs is 7. The maximum atomic E-state index is 8.53. The first kappa shape index (κ1) is 28.0. The summed E-state index contributed by atoms with van der Waals surface area (Å²) >= 11 is -1.72. The van der Waals surface area contributed by atoms with Gasteiger partial charge in [0.2, 0.25) is 0 Å². The zero-order valence-electron chi connectivity index (χ0n) is 30.9. The number of pyridine rings is 2. The minimum atomic E-state index is -2.36. The molecule has 8 rings (SSSR count). The molecule has 0 aliphatic rings. The van der Waals surface area contributed by atoms with Gasteiger partial charge in [-0.3, -0.25) is 0 Å². The van der Waals surface area contributed by atoms with Crippen molar-refractivity contribution in [3.63, 3.8) is 0 Å². The zero-order chi connectivity index (χ0) is 35.4. The molecule has 4 aromatic heterocycles. The van der Waals surface area contributed by atoms with Crippen LogP contribution in [0.2, 0.25) is 17.3 Å². The van der Waals surface area contributed by atoms with Gasteiger partial charge >= 0.3 is 99.8 Å². The van der Waals surface area contributed by atoms with E-state index in [0.717, 1.165) is 49.6 Å². The molecular weight excluding hydrogens is 817 g/mol. The van der Waals surface area contributed by atoms with Gasteiger partial charge in [0, 0.05) is 47.9 Å². The predicted octanol–water partition coefficient (Wildman–Crippen LogP) is 10.9. The van der Waals surface area contributed by atoms with Crippen molar-refractivity contribution >= 4 is 61.5 Å². The number of hydrogen-bond donors (Lipinski definition) is 0.